The number of carbonyl (C=O) groups is 1. The van der Waals surface area contributed by atoms with E-state index < -0.39 is 0 Å². The van der Waals surface area contributed by atoms with Gasteiger partial charge in [-0.1, -0.05) is 35.9 Å². The first-order chi connectivity index (χ1) is 12.7. The zero-order chi connectivity index (χ0) is 17.7. The van der Waals surface area contributed by atoms with Gasteiger partial charge in [-0.05, 0) is 48.2 Å². The van der Waals surface area contributed by atoms with Crippen LogP contribution in [0.4, 0.5) is 5.69 Å². The number of rotatable bonds is 1. The zero-order valence-corrected chi connectivity index (χ0v) is 14.9. The summed E-state index contributed by atoms with van der Waals surface area (Å²) in [5, 5.41) is 5.28. The van der Waals surface area contributed by atoms with E-state index in [0.717, 1.165) is 51.8 Å². The van der Waals surface area contributed by atoms with Crippen molar-refractivity contribution < 1.29 is 4.79 Å². The Bertz CT molecular complexity index is 1090. The number of hydrogen-bond acceptors (Lipinski definition) is 3. The molecule has 5 rings (SSSR count). The van der Waals surface area contributed by atoms with Crippen LogP contribution in [-0.2, 0) is 4.79 Å². The molecule has 26 heavy (non-hydrogen) atoms. The zero-order valence-electron chi connectivity index (χ0n) is 14.1. The van der Waals surface area contributed by atoms with Crippen LogP contribution in [-0.4, -0.2) is 10.8 Å². The van der Waals surface area contributed by atoms with Gasteiger partial charge in [0.2, 0.25) is 0 Å². The third-order valence-corrected chi connectivity index (χ3v) is 5.71. The summed E-state index contributed by atoms with van der Waals surface area (Å²) in [4.78, 5) is 17.4. The Hall–Kier alpha value is -2.65. The van der Waals surface area contributed by atoms with Crippen LogP contribution in [0.3, 0.4) is 0 Å². The summed E-state index contributed by atoms with van der Waals surface area (Å²) in [6, 6.07) is 16.0. The van der Waals surface area contributed by atoms with Crippen molar-refractivity contribution in [2.45, 2.75) is 25.2 Å². The minimum atomic E-state index is -0.157. The monoisotopic (exact) mass is 360 g/mol. The van der Waals surface area contributed by atoms with Gasteiger partial charge in [0.05, 0.1) is 5.52 Å². The number of fused-ring (bicyclic) bond motifs is 3. The Balaban J connectivity index is 1.87. The number of allylic oxidation sites excluding steroid dienone is 2. The Labute approximate surface area is 156 Å². The molecule has 0 saturated carbocycles. The lowest BCUT2D eigenvalue weighted by atomic mass is 9.74. The molecule has 3 aromatic rings. The predicted octanol–water partition coefficient (Wildman–Crippen LogP) is 5.45. The molecule has 0 bridgehead atoms. The Kier molecular flexibility index (Phi) is 3.57. The van der Waals surface area contributed by atoms with Crippen molar-refractivity contribution in [1.82, 2.24) is 4.98 Å². The molecule has 1 atom stereocenters. The molecule has 0 spiro atoms. The fourth-order valence-electron chi connectivity index (χ4n) is 4.25. The van der Waals surface area contributed by atoms with Crippen LogP contribution in [0.25, 0.3) is 10.9 Å². The maximum atomic E-state index is 12.9. The van der Waals surface area contributed by atoms with E-state index in [1.807, 2.05) is 36.4 Å². The summed E-state index contributed by atoms with van der Waals surface area (Å²) in [6.45, 7) is 0. The Morgan fingerprint density at radius 3 is 2.81 bits per heavy atom. The van der Waals surface area contributed by atoms with E-state index in [-0.39, 0.29) is 11.7 Å². The van der Waals surface area contributed by atoms with Gasteiger partial charge in [-0.3, -0.25) is 9.78 Å². The summed E-state index contributed by atoms with van der Waals surface area (Å²) in [6.07, 6.45) is 4.18. The summed E-state index contributed by atoms with van der Waals surface area (Å²) >= 11 is 6.58. The maximum absolute atomic E-state index is 12.9. The first-order valence-electron chi connectivity index (χ1n) is 8.89. The standard InChI is InChI=1S/C22H17ClN2O/c23-15-7-2-1-5-13(15)21-20-14-6-4-12-24-16(14)10-11-18(20)25-17-8-3-9-19(26)22(17)21/h1-2,4-7,10-12,21,25H,3,8-9H2. The fourth-order valence-corrected chi connectivity index (χ4v) is 4.50. The van der Waals surface area contributed by atoms with Crippen LogP contribution < -0.4 is 5.32 Å². The van der Waals surface area contributed by atoms with E-state index in [0.29, 0.717) is 11.4 Å². The van der Waals surface area contributed by atoms with Crippen molar-refractivity contribution in [3.63, 3.8) is 0 Å². The van der Waals surface area contributed by atoms with Crippen LogP contribution in [0.5, 0.6) is 0 Å². The van der Waals surface area contributed by atoms with Gasteiger partial charge in [0.15, 0.2) is 5.78 Å². The van der Waals surface area contributed by atoms with Gasteiger partial charge >= 0.3 is 0 Å². The highest BCUT2D eigenvalue weighted by Gasteiger charge is 2.36. The highest BCUT2D eigenvalue weighted by molar-refractivity contribution is 6.31. The number of anilines is 1. The third kappa shape index (κ3) is 2.27. The average Bonchev–Trinajstić information content (AvgIpc) is 2.67. The molecule has 0 radical (unpaired) electrons. The fraction of sp³-hybridized carbons (Fsp3) is 0.182. The molecule has 3 nitrogen and oxygen atoms in total. The van der Waals surface area contributed by atoms with Crippen LogP contribution in [0.2, 0.25) is 5.02 Å². The highest BCUT2D eigenvalue weighted by atomic mass is 35.5. The Morgan fingerprint density at radius 1 is 1.04 bits per heavy atom. The molecule has 0 saturated heterocycles. The summed E-state index contributed by atoms with van der Waals surface area (Å²) in [5.41, 5.74) is 5.96. The molecule has 1 N–H and O–H groups in total. The van der Waals surface area contributed by atoms with Gasteiger partial charge in [-0.25, -0.2) is 0 Å². The van der Waals surface area contributed by atoms with Crippen LogP contribution in [0, 0.1) is 0 Å². The normalized spacial score (nSPS) is 19.1. The lowest BCUT2D eigenvalue weighted by molar-refractivity contribution is -0.116. The number of nitrogens with zero attached hydrogens (tertiary/aromatic N) is 1. The predicted molar refractivity (Wildman–Crippen MR) is 105 cm³/mol. The van der Waals surface area contributed by atoms with Crippen LogP contribution in [0.15, 0.2) is 66.0 Å². The van der Waals surface area contributed by atoms with Gasteiger partial charge in [-0.15, -0.1) is 0 Å². The SMILES string of the molecule is O=C1CCCC2=C1C(c1ccccc1Cl)c1c(ccc3ncccc13)N2. The van der Waals surface area contributed by atoms with Crippen molar-refractivity contribution >= 4 is 34.0 Å². The maximum Gasteiger partial charge on any atom is 0.161 e. The van der Waals surface area contributed by atoms with Crippen molar-refractivity contribution in [2.24, 2.45) is 0 Å². The third-order valence-electron chi connectivity index (χ3n) is 5.36. The first-order valence-corrected chi connectivity index (χ1v) is 9.27. The molecule has 1 aliphatic heterocycles. The molecule has 1 aromatic heterocycles. The highest BCUT2D eigenvalue weighted by Crippen LogP contribution is 2.48. The molecule has 1 unspecified atom stereocenters. The first kappa shape index (κ1) is 15.6. The van der Waals surface area contributed by atoms with Crippen molar-refractivity contribution in [3.8, 4) is 0 Å². The van der Waals surface area contributed by atoms with E-state index in [2.05, 4.69) is 22.4 Å². The largest absolute Gasteiger partial charge is 0.358 e. The van der Waals surface area contributed by atoms with Crippen molar-refractivity contribution in [3.05, 3.63) is 82.1 Å². The second-order valence-electron chi connectivity index (χ2n) is 6.85. The number of halogens is 1. The molecule has 2 aliphatic rings. The molecule has 4 heteroatoms. The summed E-state index contributed by atoms with van der Waals surface area (Å²) < 4.78 is 0. The molecule has 0 amide bonds. The number of pyridine rings is 1. The second kappa shape index (κ2) is 5.96. The molecule has 0 fully saturated rings. The number of Topliss-reactive ketones (excluding diaryl/α,β-unsaturated/α-hetero) is 1. The van der Waals surface area contributed by atoms with E-state index in [9.17, 15) is 4.79 Å². The van der Waals surface area contributed by atoms with Gasteiger partial charge in [0, 0.05) is 45.9 Å². The van der Waals surface area contributed by atoms with Crippen LogP contribution >= 0.6 is 11.6 Å². The number of benzene rings is 2. The molecular formula is C22H17ClN2O. The lowest BCUT2D eigenvalue weighted by Gasteiger charge is -2.35. The average molecular weight is 361 g/mol. The van der Waals surface area contributed by atoms with Crippen LogP contribution in [0.1, 0.15) is 36.3 Å². The quantitative estimate of drug-likeness (QED) is 0.627. The van der Waals surface area contributed by atoms with Crippen molar-refractivity contribution in [2.75, 3.05) is 5.32 Å². The molecule has 1 aliphatic carbocycles. The van der Waals surface area contributed by atoms with Gasteiger partial charge in [0.1, 0.15) is 0 Å². The van der Waals surface area contributed by atoms with E-state index >= 15 is 0 Å². The molecule has 2 heterocycles. The molecule has 2 aromatic carbocycles. The van der Waals surface area contributed by atoms with E-state index in [1.165, 1.54) is 0 Å². The summed E-state index contributed by atoms with van der Waals surface area (Å²) in [7, 11) is 0. The number of nitrogens with one attached hydrogen (secondary N) is 1. The smallest absolute Gasteiger partial charge is 0.161 e. The number of ketones is 1. The second-order valence-corrected chi connectivity index (χ2v) is 7.25. The minimum absolute atomic E-state index is 0.157. The Morgan fingerprint density at radius 2 is 1.92 bits per heavy atom. The van der Waals surface area contributed by atoms with Gasteiger partial charge in [0.25, 0.3) is 0 Å². The van der Waals surface area contributed by atoms with E-state index in [4.69, 9.17) is 11.6 Å². The summed E-state index contributed by atoms with van der Waals surface area (Å²) in [5.74, 6) is 0.0610. The van der Waals surface area contributed by atoms with Gasteiger partial charge in [-0.2, -0.15) is 0 Å². The van der Waals surface area contributed by atoms with E-state index in [1.54, 1.807) is 6.20 Å². The molecular weight excluding hydrogens is 344 g/mol. The molecule has 128 valence electrons. The van der Waals surface area contributed by atoms with Gasteiger partial charge < -0.3 is 5.32 Å². The number of aromatic nitrogens is 1. The number of hydrogen-bond donors (Lipinski definition) is 1. The van der Waals surface area contributed by atoms with Crippen molar-refractivity contribution in [1.29, 1.82) is 0 Å². The topological polar surface area (TPSA) is 42.0 Å². The number of carbonyl (C=O) groups excluding carboxylic acids is 1. The minimum Gasteiger partial charge on any atom is -0.358 e. The lowest BCUT2D eigenvalue weighted by Crippen LogP contribution is -2.27.